The van der Waals surface area contributed by atoms with E-state index in [1.807, 2.05) is 0 Å². The number of carbonyl (C=O) groups is 1. The average Bonchev–Trinajstić information content (AvgIpc) is 3.15. The number of rotatable bonds is 5. The van der Waals surface area contributed by atoms with Crippen molar-refractivity contribution < 1.29 is 13.2 Å². The molecule has 0 aliphatic rings. The van der Waals surface area contributed by atoms with E-state index in [0.717, 1.165) is 22.9 Å². The van der Waals surface area contributed by atoms with Crippen molar-refractivity contribution in [2.45, 2.75) is 11.1 Å². The predicted octanol–water partition coefficient (Wildman–Crippen LogP) is 4.44. The third kappa shape index (κ3) is 4.41. The molecule has 0 aliphatic carbocycles. The van der Waals surface area contributed by atoms with E-state index >= 15 is 0 Å². The van der Waals surface area contributed by atoms with Crippen LogP contribution < -0.4 is 10.0 Å². The maximum atomic E-state index is 12.4. The molecule has 136 valence electrons. The number of nitrogens with zero attached hydrogens (tertiary/aromatic N) is 2. The van der Waals surface area contributed by atoms with Crippen LogP contribution in [-0.2, 0) is 14.8 Å². The van der Waals surface area contributed by atoms with Crippen LogP contribution in [0.4, 0.5) is 10.8 Å². The quantitative estimate of drug-likeness (QED) is 0.547. The molecule has 2 aromatic heterocycles. The molecule has 0 atom stereocenters. The number of nitrogens with one attached hydrogen (secondary N) is 2. The lowest BCUT2D eigenvalue weighted by Gasteiger charge is -2.02. The van der Waals surface area contributed by atoms with Crippen LogP contribution in [0.1, 0.15) is 6.92 Å². The van der Waals surface area contributed by atoms with E-state index in [0.29, 0.717) is 25.9 Å². The molecule has 0 bridgehead atoms. The Kier molecular flexibility index (Phi) is 5.63. The maximum Gasteiger partial charge on any atom is 0.273 e. The first-order chi connectivity index (χ1) is 12.2. The fourth-order valence-corrected chi connectivity index (χ4v) is 6.03. The minimum absolute atomic E-state index is 0.0748. The third-order valence-corrected chi connectivity index (χ3v) is 8.05. The van der Waals surface area contributed by atoms with Gasteiger partial charge >= 0.3 is 0 Å². The second-order valence-electron chi connectivity index (χ2n) is 4.97. The molecular weight excluding hydrogens is 484 g/mol. The normalized spacial score (nSPS) is 11.3. The van der Waals surface area contributed by atoms with Gasteiger partial charge in [-0.25, -0.2) is 8.42 Å². The van der Waals surface area contributed by atoms with E-state index in [9.17, 15) is 13.2 Å². The third-order valence-electron chi connectivity index (χ3n) is 3.00. The Hall–Kier alpha value is -1.53. The van der Waals surface area contributed by atoms with Gasteiger partial charge in [0.25, 0.3) is 10.0 Å². The molecule has 0 saturated carbocycles. The first-order valence-corrected chi connectivity index (χ1v) is 11.2. The molecular formula is C14H10BrClN4O3S3. The van der Waals surface area contributed by atoms with Crippen molar-refractivity contribution in [2.24, 2.45) is 0 Å². The first kappa shape index (κ1) is 19.2. The summed E-state index contributed by atoms with van der Waals surface area (Å²) >= 11 is 10.9. The van der Waals surface area contributed by atoms with E-state index in [2.05, 4.69) is 35.3 Å². The van der Waals surface area contributed by atoms with Crippen molar-refractivity contribution in [3.63, 3.8) is 0 Å². The Labute approximate surface area is 170 Å². The zero-order valence-corrected chi connectivity index (χ0v) is 17.8. The number of carbonyl (C=O) groups excluding carboxylic acids is 1. The lowest BCUT2D eigenvalue weighted by Crippen LogP contribution is -2.11. The molecule has 0 aliphatic heterocycles. The zero-order valence-electron chi connectivity index (χ0n) is 13.0. The van der Waals surface area contributed by atoms with Gasteiger partial charge in [0, 0.05) is 34.2 Å². The van der Waals surface area contributed by atoms with Gasteiger partial charge in [-0.1, -0.05) is 11.6 Å². The number of benzene rings is 1. The largest absolute Gasteiger partial charge is 0.326 e. The highest BCUT2D eigenvalue weighted by atomic mass is 79.9. The summed E-state index contributed by atoms with van der Waals surface area (Å²) in [4.78, 5) is 15.2. The molecule has 12 heteroatoms. The summed E-state index contributed by atoms with van der Waals surface area (Å²) in [5.74, 6) is 0.217. The van der Waals surface area contributed by atoms with Crippen molar-refractivity contribution in [3.8, 4) is 11.4 Å². The lowest BCUT2D eigenvalue weighted by molar-refractivity contribution is -0.114. The average molecular weight is 494 g/mol. The van der Waals surface area contributed by atoms with Crippen LogP contribution in [0.2, 0.25) is 4.34 Å². The molecule has 0 saturated heterocycles. The summed E-state index contributed by atoms with van der Waals surface area (Å²) in [5, 5.41) is 2.81. The summed E-state index contributed by atoms with van der Waals surface area (Å²) in [6.07, 6.45) is 0. The Morgan fingerprint density at radius 1 is 1.27 bits per heavy atom. The summed E-state index contributed by atoms with van der Waals surface area (Å²) in [7, 11) is -3.79. The monoisotopic (exact) mass is 492 g/mol. The second kappa shape index (κ2) is 7.61. The predicted molar refractivity (Wildman–Crippen MR) is 107 cm³/mol. The van der Waals surface area contributed by atoms with E-state index < -0.39 is 10.0 Å². The van der Waals surface area contributed by atoms with Crippen molar-refractivity contribution in [1.29, 1.82) is 0 Å². The highest BCUT2D eigenvalue weighted by Crippen LogP contribution is 2.35. The van der Waals surface area contributed by atoms with Gasteiger partial charge in [0.1, 0.15) is 8.55 Å². The van der Waals surface area contributed by atoms with Crippen LogP contribution in [0.15, 0.2) is 39.0 Å². The van der Waals surface area contributed by atoms with Gasteiger partial charge in [0.15, 0.2) is 5.82 Å². The van der Waals surface area contributed by atoms with Gasteiger partial charge in [-0.3, -0.25) is 9.52 Å². The molecule has 26 heavy (non-hydrogen) atoms. The Bertz CT molecular complexity index is 1040. The molecule has 2 N–H and O–H groups in total. The summed E-state index contributed by atoms with van der Waals surface area (Å²) < 4.78 is 32.3. The molecule has 0 unspecified atom stereocenters. The zero-order chi connectivity index (χ0) is 18.9. The van der Waals surface area contributed by atoms with Crippen molar-refractivity contribution in [1.82, 2.24) is 9.36 Å². The van der Waals surface area contributed by atoms with E-state index in [-0.39, 0.29) is 15.2 Å². The minimum Gasteiger partial charge on any atom is -0.326 e. The number of thiophene rings is 1. The van der Waals surface area contributed by atoms with Crippen molar-refractivity contribution in [3.05, 3.63) is 39.1 Å². The number of sulfonamides is 1. The first-order valence-electron chi connectivity index (χ1n) is 6.94. The Balaban J connectivity index is 1.78. The number of aromatic nitrogens is 2. The number of hydrogen-bond donors (Lipinski definition) is 2. The molecule has 1 aromatic carbocycles. The van der Waals surface area contributed by atoms with Gasteiger partial charge in [-0.2, -0.15) is 9.36 Å². The molecule has 0 spiro atoms. The number of amides is 1. The van der Waals surface area contributed by atoms with E-state index in [4.69, 9.17) is 11.6 Å². The van der Waals surface area contributed by atoms with Crippen LogP contribution in [-0.4, -0.2) is 23.7 Å². The van der Waals surface area contributed by atoms with Gasteiger partial charge in [-0.05, 0) is 46.3 Å². The van der Waals surface area contributed by atoms with Gasteiger partial charge < -0.3 is 5.32 Å². The van der Waals surface area contributed by atoms with Gasteiger partial charge in [-0.15, -0.1) is 11.3 Å². The van der Waals surface area contributed by atoms with E-state index in [1.165, 1.54) is 13.0 Å². The van der Waals surface area contributed by atoms with Crippen molar-refractivity contribution >= 4 is 77.1 Å². The molecule has 3 aromatic rings. The van der Waals surface area contributed by atoms with Crippen LogP contribution in [0.5, 0.6) is 0 Å². The molecule has 0 fully saturated rings. The van der Waals surface area contributed by atoms with E-state index in [1.54, 1.807) is 24.3 Å². The topological polar surface area (TPSA) is 101 Å². The van der Waals surface area contributed by atoms with Crippen LogP contribution in [0.3, 0.4) is 0 Å². The fourth-order valence-electron chi connectivity index (χ4n) is 1.91. The second-order valence-corrected chi connectivity index (χ2v) is 10.1. The molecule has 0 radical (unpaired) electrons. The highest BCUT2D eigenvalue weighted by Gasteiger charge is 2.21. The standard InChI is InChI=1S/C14H10BrClN4O3S3/c1-7(21)17-9-4-2-8(3-5-9)13-18-14(25-19-13)20-26(22,23)11-6-10(15)12(16)24-11/h2-6H,1H3,(H,17,21)(H,18,19,20). The van der Waals surface area contributed by atoms with Crippen LogP contribution >= 0.6 is 50.4 Å². The molecule has 1 amide bonds. The number of halogens is 2. The Morgan fingerprint density at radius 2 is 1.96 bits per heavy atom. The van der Waals surface area contributed by atoms with Crippen LogP contribution in [0.25, 0.3) is 11.4 Å². The highest BCUT2D eigenvalue weighted by molar-refractivity contribution is 9.10. The number of anilines is 2. The van der Waals surface area contributed by atoms with Crippen molar-refractivity contribution in [2.75, 3.05) is 10.0 Å². The smallest absolute Gasteiger partial charge is 0.273 e. The summed E-state index contributed by atoms with van der Waals surface area (Å²) in [5.41, 5.74) is 1.35. The summed E-state index contributed by atoms with van der Waals surface area (Å²) in [6, 6.07) is 8.33. The lowest BCUT2D eigenvalue weighted by atomic mass is 10.2. The molecule has 7 nitrogen and oxygen atoms in total. The SMILES string of the molecule is CC(=O)Nc1ccc(-c2nsc(NS(=O)(=O)c3cc(Br)c(Cl)s3)n2)cc1. The molecule has 2 heterocycles. The van der Waals surface area contributed by atoms with Gasteiger partial charge in [0.2, 0.25) is 11.0 Å². The van der Waals surface area contributed by atoms with Gasteiger partial charge in [0.05, 0.1) is 0 Å². The fraction of sp³-hybridized carbons (Fsp3) is 0.0714. The number of hydrogen-bond acceptors (Lipinski definition) is 7. The summed E-state index contributed by atoms with van der Waals surface area (Å²) in [6.45, 7) is 1.42. The van der Waals surface area contributed by atoms with Crippen LogP contribution in [0, 0.1) is 0 Å². The Morgan fingerprint density at radius 3 is 2.54 bits per heavy atom. The molecule has 3 rings (SSSR count). The maximum absolute atomic E-state index is 12.4. The minimum atomic E-state index is -3.79.